The maximum atomic E-state index is 13.1. The fraction of sp³-hybridized carbons (Fsp3) is 0.185. The summed E-state index contributed by atoms with van der Waals surface area (Å²) in [5.74, 6) is 0.252. The molecule has 190 valence electrons. The minimum atomic E-state index is -0.375. The molecule has 0 aliphatic carbocycles. The summed E-state index contributed by atoms with van der Waals surface area (Å²) in [6.07, 6.45) is 0. The Bertz CT molecular complexity index is 1380. The zero-order valence-corrected chi connectivity index (χ0v) is 21.2. The number of aromatic nitrogens is 3. The number of nitrogens with zero attached hydrogens (tertiary/aromatic N) is 3. The van der Waals surface area contributed by atoms with Crippen LogP contribution in [0.4, 0.5) is 10.1 Å². The number of hydrogen-bond donors (Lipinski definition) is 2. The number of ether oxygens (including phenoxy) is 1. The van der Waals surface area contributed by atoms with Crippen LogP contribution in [0.2, 0.25) is 0 Å². The largest absolute Gasteiger partial charge is 0.484 e. The van der Waals surface area contributed by atoms with E-state index in [2.05, 4.69) is 20.8 Å². The van der Waals surface area contributed by atoms with Crippen LogP contribution in [-0.2, 0) is 16.1 Å². The van der Waals surface area contributed by atoms with Gasteiger partial charge < -0.3 is 15.4 Å². The average Bonchev–Trinajstić information content (AvgIpc) is 3.31. The second kappa shape index (κ2) is 12.2. The molecule has 0 fully saturated rings. The predicted molar refractivity (Wildman–Crippen MR) is 140 cm³/mol. The molecule has 0 saturated carbocycles. The maximum absolute atomic E-state index is 13.1. The van der Waals surface area contributed by atoms with E-state index in [-0.39, 0.29) is 36.5 Å². The van der Waals surface area contributed by atoms with Crippen molar-refractivity contribution in [2.24, 2.45) is 0 Å². The molecule has 0 atom stereocenters. The molecule has 0 bridgehead atoms. The third-order valence-electron chi connectivity index (χ3n) is 5.32. The number of para-hydroxylation sites is 1. The van der Waals surface area contributed by atoms with E-state index in [4.69, 9.17) is 4.74 Å². The summed E-state index contributed by atoms with van der Waals surface area (Å²) in [7, 11) is 0. The molecule has 0 unspecified atom stereocenters. The Hall–Kier alpha value is -4.18. The first-order valence-corrected chi connectivity index (χ1v) is 12.5. The van der Waals surface area contributed by atoms with Gasteiger partial charge in [0, 0.05) is 5.69 Å². The molecule has 4 rings (SSSR count). The van der Waals surface area contributed by atoms with Crippen LogP contribution in [0.25, 0.3) is 5.69 Å². The fourth-order valence-electron chi connectivity index (χ4n) is 3.47. The molecule has 4 aromatic rings. The van der Waals surface area contributed by atoms with Gasteiger partial charge in [0.25, 0.3) is 5.91 Å². The molecule has 0 saturated heterocycles. The highest BCUT2D eigenvalue weighted by atomic mass is 32.2. The summed E-state index contributed by atoms with van der Waals surface area (Å²) in [5.41, 5.74) is 3.40. The number of amides is 2. The minimum absolute atomic E-state index is 0.0671. The summed E-state index contributed by atoms with van der Waals surface area (Å²) >= 11 is 1.22. The summed E-state index contributed by atoms with van der Waals surface area (Å²) in [5, 5.41) is 14.6. The number of carbonyl (C=O) groups excluding carboxylic acids is 2. The zero-order chi connectivity index (χ0) is 26.2. The number of benzene rings is 3. The second-order valence-corrected chi connectivity index (χ2v) is 9.19. The van der Waals surface area contributed by atoms with E-state index >= 15 is 0 Å². The van der Waals surface area contributed by atoms with Gasteiger partial charge in [0.2, 0.25) is 5.91 Å². The van der Waals surface area contributed by atoms with Crippen LogP contribution in [0.1, 0.15) is 17.0 Å². The summed E-state index contributed by atoms with van der Waals surface area (Å²) in [6, 6.07) is 20.7. The third kappa shape index (κ3) is 7.17. The van der Waals surface area contributed by atoms with Crippen molar-refractivity contribution in [3.8, 4) is 11.4 Å². The van der Waals surface area contributed by atoms with E-state index in [1.807, 2.05) is 54.8 Å². The molecule has 8 nitrogen and oxygen atoms in total. The molecule has 1 aromatic heterocycles. The highest BCUT2D eigenvalue weighted by molar-refractivity contribution is 7.99. The number of anilines is 1. The van der Waals surface area contributed by atoms with Gasteiger partial charge in [-0.3, -0.25) is 14.2 Å². The molecule has 1 heterocycles. The Labute approximate surface area is 218 Å². The van der Waals surface area contributed by atoms with Crippen LogP contribution in [0.15, 0.2) is 78.0 Å². The molecule has 0 aliphatic heterocycles. The van der Waals surface area contributed by atoms with Crippen LogP contribution in [0.5, 0.6) is 5.75 Å². The van der Waals surface area contributed by atoms with E-state index in [1.54, 1.807) is 12.1 Å². The van der Waals surface area contributed by atoms with Crippen molar-refractivity contribution >= 4 is 29.3 Å². The number of nitrogens with one attached hydrogen (secondary N) is 2. The van der Waals surface area contributed by atoms with Crippen molar-refractivity contribution in [1.82, 2.24) is 20.1 Å². The van der Waals surface area contributed by atoms with Gasteiger partial charge in [0.05, 0.1) is 18.0 Å². The number of carbonyl (C=O) groups is 2. The van der Waals surface area contributed by atoms with E-state index in [0.29, 0.717) is 22.4 Å². The Morgan fingerprint density at radius 2 is 1.73 bits per heavy atom. The van der Waals surface area contributed by atoms with Crippen molar-refractivity contribution in [2.75, 3.05) is 17.7 Å². The summed E-state index contributed by atoms with van der Waals surface area (Å²) in [6.45, 7) is 3.95. The smallest absolute Gasteiger partial charge is 0.258 e. The van der Waals surface area contributed by atoms with Crippen LogP contribution < -0.4 is 15.4 Å². The minimum Gasteiger partial charge on any atom is -0.484 e. The number of aryl methyl sites for hydroxylation is 2. The van der Waals surface area contributed by atoms with Crippen molar-refractivity contribution in [3.63, 3.8) is 0 Å². The average molecular weight is 520 g/mol. The SMILES string of the molecule is Cc1ccc(C)c(-n2c(CNC(=O)COc3ccccc3)nnc2SCC(=O)Nc2ccc(F)cc2)c1. The first-order valence-electron chi connectivity index (χ1n) is 11.5. The fourth-order valence-corrected chi connectivity index (χ4v) is 4.23. The Kier molecular flexibility index (Phi) is 8.52. The van der Waals surface area contributed by atoms with Gasteiger partial charge in [-0.15, -0.1) is 10.2 Å². The third-order valence-corrected chi connectivity index (χ3v) is 6.25. The molecule has 2 N–H and O–H groups in total. The first kappa shape index (κ1) is 25.9. The van der Waals surface area contributed by atoms with Gasteiger partial charge in [-0.25, -0.2) is 4.39 Å². The molecule has 0 spiro atoms. The Balaban J connectivity index is 1.46. The van der Waals surface area contributed by atoms with Gasteiger partial charge in [-0.05, 0) is 67.4 Å². The van der Waals surface area contributed by atoms with Crippen molar-refractivity contribution in [3.05, 3.63) is 95.6 Å². The molecule has 10 heteroatoms. The quantitative estimate of drug-likeness (QED) is 0.301. The zero-order valence-electron chi connectivity index (χ0n) is 20.4. The number of rotatable bonds is 10. The topological polar surface area (TPSA) is 98.1 Å². The molecular weight excluding hydrogens is 493 g/mol. The lowest BCUT2D eigenvalue weighted by Crippen LogP contribution is -2.29. The first-order chi connectivity index (χ1) is 17.9. The van der Waals surface area contributed by atoms with Crippen LogP contribution in [0, 0.1) is 19.7 Å². The Morgan fingerprint density at radius 3 is 2.49 bits per heavy atom. The molecule has 3 aromatic carbocycles. The lowest BCUT2D eigenvalue weighted by atomic mass is 10.1. The maximum Gasteiger partial charge on any atom is 0.258 e. The van der Waals surface area contributed by atoms with Gasteiger partial charge in [-0.1, -0.05) is 42.1 Å². The molecule has 0 aliphatic rings. The lowest BCUT2D eigenvalue weighted by Gasteiger charge is -2.14. The van der Waals surface area contributed by atoms with Gasteiger partial charge in [0.15, 0.2) is 17.6 Å². The molecular formula is C27H26FN5O3S. The van der Waals surface area contributed by atoms with Crippen LogP contribution >= 0.6 is 11.8 Å². The van der Waals surface area contributed by atoms with E-state index in [0.717, 1.165) is 16.8 Å². The second-order valence-electron chi connectivity index (χ2n) is 8.25. The number of hydrogen-bond acceptors (Lipinski definition) is 6. The van der Waals surface area contributed by atoms with Crippen LogP contribution in [-0.4, -0.2) is 38.9 Å². The summed E-state index contributed by atoms with van der Waals surface area (Å²) < 4.78 is 20.5. The van der Waals surface area contributed by atoms with Crippen molar-refractivity contribution < 1.29 is 18.7 Å². The number of halogens is 1. The van der Waals surface area contributed by atoms with E-state index < -0.39 is 0 Å². The molecule has 0 radical (unpaired) electrons. The van der Waals surface area contributed by atoms with E-state index in [9.17, 15) is 14.0 Å². The highest BCUT2D eigenvalue weighted by Gasteiger charge is 2.18. The van der Waals surface area contributed by atoms with Gasteiger partial charge in [-0.2, -0.15) is 0 Å². The van der Waals surface area contributed by atoms with Gasteiger partial charge >= 0.3 is 0 Å². The van der Waals surface area contributed by atoms with Gasteiger partial charge in [0.1, 0.15) is 11.6 Å². The Morgan fingerprint density at radius 1 is 0.973 bits per heavy atom. The molecule has 37 heavy (non-hydrogen) atoms. The highest BCUT2D eigenvalue weighted by Crippen LogP contribution is 2.25. The predicted octanol–water partition coefficient (Wildman–Crippen LogP) is 4.45. The number of thioether (sulfide) groups is 1. The molecule has 2 amide bonds. The van der Waals surface area contributed by atoms with Crippen LogP contribution in [0.3, 0.4) is 0 Å². The van der Waals surface area contributed by atoms with Crippen molar-refractivity contribution in [1.29, 1.82) is 0 Å². The lowest BCUT2D eigenvalue weighted by molar-refractivity contribution is -0.123. The van der Waals surface area contributed by atoms with E-state index in [1.165, 1.54) is 36.0 Å². The normalized spacial score (nSPS) is 10.7. The standard InChI is InChI=1S/C27H26FN5O3S/c1-18-8-9-19(2)23(14-18)33-24(15-29-25(34)16-36-22-6-4-3-5-7-22)31-32-27(33)37-17-26(35)30-21-12-10-20(28)11-13-21/h3-14H,15-17H2,1-2H3,(H,29,34)(H,30,35). The summed E-state index contributed by atoms with van der Waals surface area (Å²) in [4.78, 5) is 24.9. The monoisotopic (exact) mass is 519 g/mol. The van der Waals surface area contributed by atoms with Crippen molar-refractivity contribution in [2.45, 2.75) is 25.5 Å².